The van der Waals surface area contributed by atoms with Gasteiger partial charge in [-0.1, -0.05) is 23.7 Å². The van der Waals surface area contributed by atoms with E-state index in [1.807, 2.05) is 12.1 Å². The first-order valence-corrected chi connectivity index (χ1v) is 12.5. The van der Waals surface area contributed by atoms with Crippen LogP contribution in [0.25, 0.3) is 0 Å². The van der Waals surface area contributed by atoms with Crippen LogP contribution in [-0.2, 0) is 19.8 Å². The number of benzene rings is 2. The monoisotopic (exact) mass is 496 g/mol. The van der Waals surface area contributed by atoms with Crippen molar-refractivity contribution in [2.24, 2.45) is 0 Å². The van der Waals surface area contributed by atoms with Crippen molar-refractivity contribution in [2.75, 3.05) is 20.2 Å². The second-order valence-electron chi connectivity index (χ2n) is 9.62. The number of methoxy groups -OCH3 is 1. The summed E-state index contributed by atoms with van der Waals surface area (Å²) in [7, 11) is 1.58. The first kappa shape index (κ1) is 23.7. The molecule has 184 valence electrons. The highest BCUT2D eigenvalue weighted by Crippen LogP contribution is 2.45. The maximum atomic E-state index is 13.6. The van der Waals surface area contributed by atoms with Crippen LogP contribution >= 0.6 is 11.6 Å². The van der Waals surface area contributed by atoms with E-state index in [9.17, 15) is 14.4 Å². The summed E-state index contributed by atoms with van der Waals surface area (Å²) in [6.07, 6.45) is 3.09. The average molecular weight is 497 g/mol. The van der Waals surface area contributed by atoms with Gasteiger partial charge in [-0.3, -0.25) is 19.3 Å². The average Bonchev–Trinajstić information content (AvgIpc) is 3.67. The van der Waals surface area contributed by atoms with Crippen molar-refractivity contribution < 1.29 is 23.9 Å². The summed E-state index contributed by atoms with van der Waals surface area (Å²) in [5.41, 5.74) is -0.478. The van der Waals surface area contributed by atoms with Crippen molar-refractivity contribution in [3.8, 4) is 11.5 Å². The Morgan fingerprint density at radius 1 is 0.971 bits per heavy atom. The molecule has 2 saturated heterocycles. The number of hydrogen-bond donors (Lipinski definition) is 0. The Hall–Kier alpha value is -3.06. The predicted octanol–water partition coefficient (Wildman–Crippen LogP) is 3.97. The molecule has 8 heteroatoms. The number of halogens is 1. The van der Waals surface area contributed by atoms with Crippen LogP contribution in [0.3, 0.4) is 0 Å². The lowest BCUT2D eigenvalue weighted by atomic mass is 9.75. The van der Waals surface area contributed by atoms with E-state index in [1.54, 1.807) is 48.4 Å². The maximum absolute atomic E-state index is 13.6. The lowest BCUT2D eigenvalue weighted by Gasteiger charge is -2.35. The number of carbonyl (C=O) groups excluding carboxylic acids is 3. The van der Waals surface area contributed by atoms with Gasteiger partial charge in [-0.25, -0.2) is 0 Å². The Labute approximate surface area is 209 Å². The van der Waals surface area contributed by atoms with E-state index in [0.29, 0.717) is 42.3 Å². The molecule has 2 aromatic rings. The third kappa shape index (κ3) is 4.74. The van der Waals surface area contributed by atoms with Crippen LogP contribution in [-0.4, -0.2) is 59.9 Å². The van der Waals surface area contributed by atoms with Crippen LogP contribution in [0.5, 0.6) is 11.5 Å². The minimum atomic E-state index is -1.17. The van der Waals surface area contributed by atoms with Gasteiger partial charge in [0.1, 0.15) is 17.6 Å². The van der Waals surface area contributed by atoms with Crippen LogP contribution in [0.4, 0.5) is 0 Å². The fraction of sp³-hybridized carbons (Fsp3) is 0.444. The Balaban J connectivity index is 1.29. The number of hydrogen-bond acceptors (Lipinski definition) is 5. The van der Waals surface area contributed by atoms with Crippen LogP contribution in [0, 0.1) is 0 Å². The van der Waals surface area contributed by atoms with Gasteiger partial charge in [0.15, 0.2) is 0 Å². The molecule has 35 heavy (non-hydrogen) atoms. The molecule has 2 aromatic carbocycles. The lowest BCUT2D eigenvalue weighted by Crippen LogP contribution is -2.47. The quantitative estimate of drug-likeness (QED) is 0.542. The fourth-order valence-electron chi connectivity index (χ4n) is 5.14. The van der Waals surface area contributed by atoms with Crippen molar-refractivity contribution in [3.63, 3.8) is 0 Å². The number of nitrogens with zero attached hydrogens (tertiary/aromatic N) is 2. The molecule has 0 aromatic heterocycles. The molecule has 0 bridgehead atoms. The van der Waals surface area contributed by atoms with E-state index < -0.39 is 5.41 Å². The number of piperidine rings is 1. The summed E-state index contributed by atoms with van der Waals surface area (Å²) in [6.45, 7) is 1.09. The highest BCUT2D eigenvalue weighted by Gasteiger charge is 2.57. The second kappa shape index (κ2) is 9.53. The normalized spacial score (nSPS) is 23.0. The van der Waals surface area contributed by atoms with Crippen molar-refractivity contribution >= 4 is 29.3 Å². The molecule has 2 aliphatic heterocycles. The summed E-state index contributed by atoms with van der Waals surface area (Å²) in [5, 5.41) is 0.656. The van der Waals surface area contributed by atoms with Crippen LogP contribution in [0.15, 0.2) is 48.5 Å². The fourth-order valence-corrected chi connectivity index (χ4v) is 5.27. The van der Waals surface area contributed by atoms with Gasteiger partial charge >= 0.3 is 0 Å². The number of imide groups is 1. The molecule has 0 N–H and O–H groups in total. The van der Waals surface area contributed by atoms with Crippen LogP contribution in [0.1, 0.15) is 44.1 Å². The SMILES string of the molecule is COc1ccc(C2(CC(=O)N3CCC(Oc4ccc(Cl)cc4)CC3)CC(=O)N(C3CC3)C2=O)cc1. The third-order valence-corrected chi connectivity index (χ3v) is 7.52. The van der Waals surface area contributed by atoms with Gasteiger partial charge < -0.3 is 14.4 Å². The number of carbonyl (C=O) groups is 3. The molecule has 3 amide bonds. The molecule has 1 aliphatic carbocycles. The highest BCUT2D eigenvalue weighted by atomic mass is 35.5. The number of rotatable bonds is 7. The Kier molecular flexibility index (Phi) is 6.45. The molecular weight excluding hydrogens is 468 g/mol. The predicted molar refractivity (Wildman–Crippen MR) is 130 cm³/mol. The van der Waals surface area contributed by atoms with Crippen molar-refractivity contribution in [1.82, 2.24) is 9.80 Å². The van der Waals surface area contributed by atoms with Crippen molar-refractivity contribution in [2.45, 2.75) is 56.1 Å². The highest BCUT2D eigenvalue weighted by molar-refractivity contribution is 6.30. The van der Waals surface area contributed by atoms with E-state index in [0.717, 1.165) is 18.6 Å². The first-order chi connectivity index (χ1) is 16.9. The molecule has 3 fully saturated rings. The van der Waals surface area contributed by atoms with Crippen LogP contribution < -0.4 is 9.47 Å². The molecule has 0 radical (unpaired) electrons. The second-order valence-corrected chi connectivity index (χ2v) is 10.1. The maximum Gasteiger partial charge on any atom is 0.241 e. The van der Waals surface area contributed by atoms with E-state index in [2.05, 4.69) is 0 Å². The molecule has 1 atom stereocenters. The molecule has 5 rings (SSSR count). The minimum absolute atomic E-state index is 0.0100. The molecular formula is C27H29ClN2O5. The van der Waals surface area contributed by atoms with E-state index in [1.165, 1.54) is 4.90 Å². The molecule has 2 heterocycles. The van der Waals surface area contributed by atoms with Gasteiger partial charge in [-0.15, -0.1) is 0 Å². The summed E-state index contributed by atoms with van der Waals surface area (Å²) in [5.74, 6) is 0.881. The molecule has 7 nitrogen and oxygen atoms in total. The van der Waals surface area contributed by atoms with E-state index >= 15 is 0 Å². The van der Waals surface area contributed by atoms with Crippen LogP contribution in [0.2, 0.25) is 5.02 Å². The summed E-state index contributed by atoms with van der Waals surface area (Å²) >= 11 is 5.94. The largest absolute Gasteiger partial charge is 0.497 e. The summed E-state index contributed by atoms with van der Waals surface area (Å²) < 4.78 is 11.3. The van der Waals surface area contributed by atoms with Gasteiger partial charge in [0.05, 0.1) is 12.5 Å². The molecule has 1 saturated carbocycles. The van der Waals surface area contributed by atoms with Crippen molar-refractivity contribution in [3.05, 3.63) is 59.1 Å². The van der Waals surface area contributed by atoms with Gasteiger partial charge in [0, 0.05) is 49.8 Å². The van der Waals surface area contributed by atoms with Gasteiger partial charge in [-0.05, 0) is 54.8 Å². The molecule has 3 aliphatic rings. The van der Waals surface area contributed by atoms with Gasteiger partial charge in [-0.2, -0.15) is 0 Å². The Morgan fingerprint density at radius 3 is 2.20 bits per heavy atom. The van der Waals surface area contributed by atoms with E-state index in [-0.39, 0.29) is 42.7 Å². The van der Waals surface area contributed by atoms with E-state index in [4.69, 9.17) is 21.1 Å². The number of likely N-dealkylation sites (tertiary alicyclic amines) is 2. The van der Waals surface area contributed by atoms with Crippen molar-refractivity contribution in [1.29, 1.82) is 0 Å². The smallest absolute Gasteiger partial charge is 0.241 e. The zero-order valence-electron chi connectivity index (χ0n) is 19.7. The minimum Gasteiger partial charge on any atom is -0.497 e. The summed E-state index contributed by atoms with van der Waals surface area (Å²) in [6, 6.07) is 14.4. The zero-order valence-corrected chi connectivity index (χ0v) is 20.5. The number of ether oxygens (including phenoxy) is 2. The number of amides is 3. The Bertz CT molecular complexity index is 1110. The standard InChI is InChI=1S/C27H29ClN2O5/c1-34-21-8-2-18(3-9-21)27(17-25(32)30(26(27)33)20-6-7-20)16-24(31)29-14-12-23(13-15-29)35-22-10-4-19(28)5-11-22/h2-5,8-11,20,23H,6-7,12-17H2,1H3. The zero-order chi connectivity index (χ0) is 24.6. The Morgan fingerprint density at radius 2 is 1.60 bits per heavy atom. The topological polar surface area (TPSA) is 76.2 Å². The van der Waals surface area contributed by atoms with Gasteiger partial charge in [0.25, 0.3) is 0 Å². The van der Waals surface area contributed by atoms with Gasteiger partial charge in [0.2, 0.25) is 17.7 Å². The molecule has 1 unspecified atom stereocenters. The third-order valence-electron chi connectivity index (χ3n) is 7.27. The molecule has 0 spiro atoms. The first-order valence-electron chi connectivity index (χ1n) is 12.1. The lowest BCUT2D eigenvalue weighted by molar-refractivity contribution is -0.143. The summed E-state index contributed by atoms with van der Waals surface area (Å²) in [4.78, 5) is 43.2.